The molecule has 2 aromatic rings. The van der Waals surface area contributed by atoms with Crippen LogP contribution in [0.1, 0.15) is 66.4 Å². The normalized spacial score (nSPS) is 14.9. The van der Waals surface area contributed by atoms with E-state index in [1.54, 1.807) is 27.7 Å². The summed E-state index contributed by atoms with van der Waals surface area (Å²) < 4.78 is 17.5. The van der Waals surface area contributed by atoms with Gasteiger partial charge in [-0.3, -0.25) is 14.6 Å². The van der Waals surface area contributed by atoms with Gasteiger partial charge in [-0.05, 0) is 70.6 Å². The predicted octanol–water partition coefficient (Wildman–Crippen LogP) is 4.54. The van der Waals surface area contributed by atoms with E-state index < -0.39 is 20.5 Å². The van der Waals surface area contributed by atoms with Crippen LogP contribution in [0.15, 0.2) is 24.4 Å². The summed E-state index contributed by atoms with van der Waals surface area (Å²) in [5.74, 6) is 0.133. The quantitative estimate of drug-likeness (QED) is 0.294. The average molecular weight is 474 g/mol. The van der Waals surface area contributed by atoms with Gasteiger partial charge in [0.25, 0.3) is 0 Å². The molecule has 0 bridgehead atoms. The molecule has 0 aliphatic heterocycles. The molecule has 178 valence electrons. The van der Waals surface area contributed by atoms with Gasteiger partial charge in [0, 0.05) is 11.8 Å². The second kappa shape index (κ2) is 11.5. The number of carbonyl (C=O) groups excluding carboxylic acids is 2. The van der Waals surface area contributed by atoms with E-state index in [-0.39, 0.29) is 24.0 Å². The van der Waals surface area contributed by atoms with E-state index in [0.717, 1.165) is 37.0 Å². The van der Waals surface area contributed by atoms with Gasteiger partial charge in [-0.25, -0.2) is 5.09 Å². The van der Waals surface area contributed by atoms with Crippen LogP contribution in [0.3, 0.4) is 0 Å². The molecule has 9 heteroatoms. The van der Waals surface area contributed by atoms with Gasteiger partial charge in [-0.15, -0.1) is 0 Å². The largest absolute Gasteiger partial charge is 0.505 e. The number of nitrogens with one attached hydrogen (secondary N) is 1. The summed E-state index contributed by atoms with van der Waals surface area (Å²) >= 11 is 0. The lowest BCUT2D eigenvalue weighted by atomic mass is 9.91. The lowest BCUT2D eigenvalue weighted by molar-refractivity contribution is -0.149. The number of fused-ring (bicyclic) bond motifs is 1. The molecule has 1 aliphatic carbocycles. The van der Waals surface area contributed by atoms with Crippen LogP contribution in [-0.2, 0) is 33.5 Å². The highest BCUT2D eigenvalue weighted by Crippen LogP contribution is 2.41. The van der Waals surface area contributed by atoms with Gasteiger partial charge in [0.15, 0.2) is 6.29 Å². The summed E-state index contributed by atoms with van der Waals surface area (Å²) in [4.78, 5) is 28.0. The molecule has 0 saturated carbocycles. The number of esters is 1. The molecule has 2 N–H and O–H groups in total. The SMILES string of the molecule is Cc1ncc(COP(NC(C)C(=O)OC(C)C)Oc2cccc3c2CCCC3)c(C=O)c1O. The highest BCUT2D eigenvalue weighted by molar-refractivity contribution is 7.45. The second-order valence-corrected chi connectivity index (χ2v) is 9.52. The number of rotatable bonds is 10. The smallest absolute Gasteiger partial charge is 0.323 e. The lowest BCUT2D eigenvalue weighted by Gasteiger charge is -2.25. The van der Waals surface area contributed by atoms with Crippen LogP contribution in [0.5, 0.6) is 11.5 Å². The van der Waals surface area contributed by atoms with E-state index in [1.165, 1.54) is 11.8 Å². The van der Waals surface area contributed by atoms with Crippen LogP contribution in [-0.4, -0.2) is 34.5 Å². The average Bonchev–Trinajstić information content (AvgIpc) is 2.79. The fraction of sp³-hybridized carbons (Fsp3) is 0.458. The first kappa shape index (κ1) is 25.1. The summed E-state index contributed by atoms with van der Waals surface area (Å²) in [6.45, 7) is 6.84. The van der Waals surface area contributed by atoms with E-state index in [1.807, 2.05) is 12.1 Å². The van der Waals surface area contributed by atoms with Crippen molar-refractivity contribution in [3.8, 4) is 11.5 Å². The Morgan fingerprint density at radius 2 is 2.03 bits per heavy atom. The molecule has 1 aromatic carbocycles. The molecule has 0 saturated heterocycles. The van der Waals surface area contributed by atoms with E-state index in [2.05, 4.69) is 16.1 Å². The standard InChI is InChI=1S/C24H31N2O6P/c1-15(2)31-24(29)17(4)26-33(30-14-19-12-25-16(3)23(28)21(19)13-27)32-22-11-7-9-18-8-5-6-10-20(18)22/h7,9,11-13,15,17,26,28H,5-6,8,10,14H2,1-4H3. The predicted molar refractivity (Wildman–Crippen MR) is 125 cm³/mol. The Morgan fingerprint density at radius 3 is 2.76 bits per heavy atom. The van der Waals surface area contributed by atoms with E-state index in [0.29, 0.717) is 17.5 Å². The van der Waals surface area contributed by atoms with Crippen LogP contribution >= 0.6 is 8.53 Å². The molecule has 3 rings (SSSR count). The monoisotopic (exact) mass is 474 g/mol. The van der Waals surface area contributed by atoms with Crippen LogP contribution in [0, 0.1) is 6.92 Å². The van der Waals surface area contributed by atoms with Crippen molar-refractivity contribution in [2.45, 2.75) is 72.1 Å². The highest BCUT2D eigenvalue weighted by atomic mass is 31.2. The fourth-order valence-corrected chi connectivity index (χ4v) is 4.79. The van der Waals surface area contributed by atoms with Crippen LogP contribution in [0.2, 0.25) is 0 Å². The summed E-state index contributed by atoms with van der Waals surface area (Å²) in [6.07, 6.45) is 6.00. The first-order valence-corrected chi connectivity index (χ1v) is 12.3. The maximum Gasteiger partial charge on any atom is 0.323 e. The minimum Gasteiger partial charge on any atom is -0.505 e. The Bertz CT molecular complexity index is 997. The van der Waals surface area contributed by atoms with E-state index in [9.17, 15) is 14.7 Å². The van der Waals surface area contributed by atoms with Crippen LogP contribution in [0.4, 0.5) is 0 Å². The number of hydrogen-bond acceptors (Lipinski definition) is 8. The first-order chi connectivity index (χ1) is 15.8. The Labute approximate surface area is 195 Å². The van der Waals surface area contributed by atoms with Crippen molar-refractivity contribution in [1.29, 1.82) is 0 Å². The summed E-state index contributed by atoms with van der Waals surface area (Å²) in [5, 5.41) is 13.2. The van der Waals surface area contributed by atoms with Crippen molar-refractivity contribution in [1.82, 2.24) is 10.1 Å². The number of nitrogens with zero attached hydrogens (tertiary/aromatic N) is 1. The molecule has 1 heterocycles. The maximum atomic E-state index is 12.4. The van der Waals surface area contributed by atoms with Gasteiger partial charge in [0.1, 0.15) is 17.5 Å². The molecular weight excluding hydrogens is 443 g/mol. The molecule has 0 radical (unpaired) electrons. The zero-order valence-electron chi connectivity index (χ0n) is 19.5. The van der Waals surface area contributed by atoms with Gasteiger partial charge >= 0.3 is 14.5 Å². The minimum atomic E-state index is -1.78. The van der Waals surface area contributed by atoms with Crippen LogP contribution in [0.25, 0.3) is 0 Å². The molecular formula is C24H31N2O6P. The first-order valence-electron chi connectivity index (χ1n) is 11.1. The van der Waals surface area contributed by atoms with Gasteiger partial charge in [0.05, 0.1) is 24.0 Å². The molecule has 8 nitrogen and oxygen atoms in total. The Kier molecular flexibility index (Phi) is 8.78. The van der Waals surface area contributed by atoms with Crippen molar-refractivity contribution in [3.05, 3.63) is 52.3 Å². The highest BCUT2D eigenvalue weighted by Gasteiger charge is 2.26. The number of hydrogen-bond donors (Lipinski definition) is 2. The summed E-state index contributed by atoms with van der Waals surface area (Å²) in [7, 11) is -1.78. The van der Waals surface area contributed by atoms with E-state index >= 15 is 0 Å². The Balaban J connectivity index is 1.81. The summed E-state index contributed by atoms with van der Waals surface area (Å²) in [5.41, 5.74) is 3.33. The number of aromatic hydroxyl groups is 1. The molecule has 0 spiro atoms. The molecule has 1 aromatic heterocycles. The van der Waals surface area contributed by atoms with Gasteiger partial charge < -0.3 is 18.9 Å². The number of aryl methyl sites for hydroxylation is 2. The van der Waals surface area contributed by atoms with Crippen molar-refractivity contribution in [2.75, 3.05) is 0 Å². The van der Waals surface area contributed by atoms with Crippen molar-refractivity contribution < 1.29 is 28.5 Å². The topological polar surface area (TPSA) is 107 Å². The second-order valence-electron chi connectivity index (χ2n) is 8.31. The number of ether oxygens (including phenoxy) is 1. The molecule has 2 unspecified atom stereocenters. The number of pyridine rings is 1. The Morgan fingerprint density at radius 1 is 1.27 bits per heavy atom. The molecule has 1 aliphatic rings. The lowest BCUT2D eigenvalue weighted by Crippen LogP contribution is -2.34. The maximum absolute atomic E-state index is 12.4. The minimum absolute atomic E-state index is 0.0331. The molecule has 2 atom stereocenters. The number of benzene rings is 1. The number of aldehydes is 1. The number of carbonyl (C=O) groups is 2. The zero-order chi connectivity index (χ0) is 24.0. The zero-order valence-corrected chi connectivity index (χ0v) is 20.4. The molecule has 0 fully saturated rings. The third kappa shape index (κ3) is 6.50. The summed E-state index contributed by atoms with van der Waals surface area (Å²) in [6, 6.07) is 5.29. The van der Waals surface area contributed by atoms with Gasteiger partial charge in [0.2, 0.25) is 0 Å². The van der Waals surface area contributed by atoms with Crippen LogP contribution < -0.4 is 9.61 Å². The Hall–Kier alpha value is -2.54. The fourth-order valence-electron chi connectivity index (χ4n) is 3.58. The molecule has 0 amide bonds. The third-order valence-corrected chi connectivity index (χ3v) is 6.68. The van der Waals surface area contributed by atoms with Gasteiger partial charge in [-0.1, -0.05) is 12.1 Å². The third-order valence-electron chi connectivity index (χ3n) is 5.35. The number of aromatic nitrogens is 1. The van der Waals surface area contributed by atoms with Crippen molar-refractivity contribution >= 4 is 20.8 Å². The van der Waals surface area contributed by atoms with Crippen molar-refractivity contribution in [3.63, 3.8) is 0 Å². The van der Waals surface area contributed by atoms with Crippen molar-refractivity contribution in [2.24, 2.45) is 0 Å². The van der Waals surface area contributed by atoms with Gasteiger partial charge in [-0.2, -0.15) is 0 Å². The molecule has 33 heavy (non-hydrogen) atoms. The van der Waals surface area contributed by atoms with E-state index in [4.69, 9.17) is 13.8 Å².